The van der Waals surface area contributed by atoms with Gasteiger partial charge < -0.3 is 9.84 Å². The molecule has 2 rings (SSSR count). The highest BCUT2D eigenvalue weighted by molar-refractivity contribution is 7.80. The predicted molar refractivity (Wildman–Crippen MR) is 61.9 cm³/mol. The van der Waals surface area contributed by atoms with Gasteiger partial charge in [0.15, 0.2) is 5.06 Å². The van der Waals surface area contributed by atoms with Crippen LogP contribution < -0.4 is 4.74 Å². The van der Waals surface area contributed by atoms with Crippen molar-refractivity contribution < 1.29 is 9.84 Å². The van der Waals surface area contributed by atoms with Crippen LogP contribution in [0.1, 0.15) is 6.92 Å². The summed E-state index contributed by atoms with van der Waals surface area (Å²) in [7, 11) is 0. The number of hydrogen-bond acceptors (Lipinski definition) is 4. The summed E-state index contributed by atoms with van der Waals surface area (Å²) in [5.74, 6) is 0.792. The number of fused-ring (bicyclic) bond motifs is 1. The molecule has 1 aromatic carbocycles. The molecule has 1 aromatic heterocycles. The van der Waals surface area contributed by atoms with E-state index in [9.17, 15) is 5.11 Å². The topological polar surface area (TPSA) is 29.5 Å². The maximum atomic E-state index is 9.38. The van der Waals surface area contributed by atoms with E-state index in [2.05, 4.69) is 12.6 Å². The molecule has 0 spiro atoms. The zero-order chi connectivity index (χ0) is 10.1. The Kier molecular flexibility index (Phi) is 2.56. The molecule has 74 valence electrons. The van der Waals surface area contributed by atoms with E-state index in [1.807, 2.05) is 19.1 Å². The normalized spacial score (nSPS) is 10.7. The first-order valence-corrected chi connectivity index (χ1v) is 5.55. The Bertz CT molecular complexity index is 462. The fraction of sp³-hybridized carbons (Fsp3) is 0.200. The van der Waals surface area contributed by atoms with Gasteiger partial charge in [-0.2, -0.15) is 0 Å². The third-order valence-electron chi connectivity index (χ3n) is 1.85. The van der Waals surface area contributed by atoms with Gasteiger partial charge in [0, 0.05) is 10.3 Å². The number of aromatic hydroxyl groups is 1. The van der Waals surface area contributed by atoms with Gasteiger partial charge in [-0.05, 0) is 25.1 Å². The minimum atomic E-state index is 0.305. The Labute approximate surface area is 91.5 Å². The molecule has 0 aliphatic rings. The largest absolute Gasteiger partial charge is 0.499 e. The molecule has 2 aromatic rings. The lowest BCUT2D eigenvalue weighted by molar-refractivity contribution is 0.344. The lowest BCUT2D eigenvalue weighted by Crippen LogP contribution is -1.91. The van der Waals surface area contributed by atoms with Crippen LogP contribution >= 0.6 is 24.0 Å². The number of thiol groups is 1. The molecule has 0 saturated heterocycles. The third kappa shape index (κ3) is 1.67. The van der Waals surface area contributed by atoms with E-state index in [1.54, 1.807) is 6.07 Å². The molecule has 4 heteroatoms. The molecule has 1 heterocycles. The van der Waals surface area contributed by atoms with Crippen LogP contribution in [0.4, 0.5) is 0 Å². The van der Waals surface area contributed by atoms with Crippen molar-refractivity contribution in [1.29, 1.82) is 0 Å². The quantitative estimate of drug-likeness (QED) is 0.769. The predicted octanol–water partition coefficient (Wildman–Crippen LogP) is 3.29. The van der Waals surface area contributed by atoms with Crippen molar-refractivity contribution in [2.24, 2.45) is 0 Å². The Hall–Kier alpha value is -0.870. The highest BCUT2D eigenvalue weighted by Crippen LogP contribution is 2.38. The summed E-state index contributed by atoms with van der Waals surface area (Å²) in [4.78, 5) is 0.846. The summed E-state index contributed by atoms with van der Waals surface area (Å²) in [6, 6.07) is 5.50. The van der Waals surface area contributed by atoms with E-state index in [1.165, 1.54) is 11.3 Å². The molecule has 0 amide bonds. The summed E-state index contributed by atoms with van der Waals surface area (Å²) in [6.45, 7) is 2.55. The lowest BCUT2D eigenvalue weighted by atomic mass is 10.2. The van der Waals surface area contributed by atoms with Crippen LogP contribution in [0.15, 0.2) is 23.1 Å². The molecule has 0 aliphatic carbocycles. The smallest absolute Gasteiger partial charge is 0.172 e. The second-order valence-corrected chi connectivity index (χ2v) is 4.43. The maximum absolute atomic E-state index is 9.38. The molecule has 0 saturated carbocycles. The van der Waals surface area contributed by atoms with Gasteiger partial charge in [-0.3, -0.25) is 0 Å². The van der Waals surface area contributed by atoms with Crippen molar-refractivity contribution in [3.8, 4) is 10.8 Å². The zero-order valence-corrected chi connectivity index (χ0v) is 9.36. The van der Waals surface area contributed by atoms with Crippen molar-refractivity contribution >= 4 is 34.1 Å². The molecule has 1 N–H and O–H groups in total. The fourth-order valence-electron chi connectivity index (χ4n) is 1.35. The molecular weight excluding hydrogens is 216 g/mol. The second kappa shape index (κ2) is 3.71. The molecule has 0 fully saturated rings. The van der Waals surface area contributed by atoms with Gasteiger partial charge in [-0.25, -0.2) is 0 Å². The van der Waals surface area contributed by atoms with Crippen LogP contribution in [0.25, 0.3) is 10.1 Å². The second-order valence-electron chi connectivity index (χ2n) is 2.88. The van der Waals surface area contributed by atoms with Crippen molar-refractivity contribution in [2.45, 2.75) is 11.8 Å². The van der Waals surface area contributed by atoms with Gasteiger partial charge in [-0.1, -0.05) is 11.3 Å². The summed E-state index contributed by atoms with van der Waals surface area (Å²) in [5, 5.41) is 10.7. The molecule has 0 radical (unpaired) electrons. The average Bonchev–Trinajstić information content (AvgIpc) is 2.45. The van der Waals surface area contributed by atoms with Crippen molar-refractivity contribution in [3.63, 3.8) is 0 Å². The number of benzene rings is 1. The van der Waals surface area contributed by atoms with E-state index < -0.39 is 0 Å². The Morgan fingerprint density at radius 3 is 2.93 bits per heavy atom. The van der Waals surface area contributed by atoms with Gasteiger partial charge >= 0.3 is 0 Å². The molecular formula is C10H10O2S2. The van der Waals surface area contributed by atoms with Crippen molar-refractivity contribution in [2.75, 3.05) is 6.61 Å². The molecule has 0 atom stereocenters. The number of rotatable bonds is 2. The Morgan fingerprint density at radius 1 is 1.43 bits per heavy atom. The third-order valence-corrected chi connectivity index (χ3v) is 3.08. The van der Waals surface area contributed by atoms with Crippen LogP contribution in [-0.4, -0.2) is 11.7 Å². The monoisotopic (exact) mass is 226 g/mol. The first-order chi connectivity index (χ1) is 6.70. The van der Waals surface area contributed by atoms with Crippen LogP contribution in [0.3, 0.4) is 0 Å². The van der Waals surface area contributed by atoms with Crippen LogP contribution in [0.2, 0.25) is 0 Å². The Morgan fingerprint density at radius 2 is 2.21 bits per heavy atom. The molecule has 0 bridgehead atoms. The van der Waals surface area contributed by atoms with Crippen LogP contribution in [0.5, 0.6) is 10.8 Å². The van der Waals surface area contributed by atoms with Crippen molar-refractivity contribution in [1.82, 2.24) is 0 Å². The first-order valence-electron chi connectivity index (χ1n) is 4.29. The van der Waals surface area contributed by atoms with Gasteiger partial charge in [0.1, 0.15) is 5.75 Å². The van der Waals surface area contributed by atoms with Crippen LogP contribution in [0, 0.1) is 0 Å². The molecule has 0 unspecified atom stereocenters. The average molecular weight is 226 g/mol. The first kappa shape index (κ1) is 9.68. The number of hydrogen-bond donors (Lipinski definition) is 2. The van der Waals surface area contributed by atoms with E-state index in [4.69, 9.17) is 4.74 Å². The highest BCUT2D eigenvalue weighted by Gasteiger charge is 2.07. The number of thiophene rings is 1. The van der Waals surface area contributed by atoms with Crippen molar-refractivity contribution in [3.05, 3.63) is 18.2 Å². The molecule has 14 heavy (non-hydrogen) atoms. The van der Waals surface area contributed by atoms with Gasteiger partial charge in [0.2, 0.25) is 0 Å². The SMILES string of the molecule is CCOc1cc(S)cc2cc(O)sc12. The zero-order valence-electron chi connectivity index (χ0n) is 7.65. The van der Waals surface area contributed by atoms with Gasteiger partial charge in [0.05, 0.1) is 11.3 Å². The minimum absolute atomic E-state index is 0.305. The molecule has 2 nitrogen and oxygen atoms in total. The number of ether oxygens (including phenoxy) is 1. The fourth-order valence-corrected chi connectivity index (χ4v) is 2.46. The summed E-state index contributed by atoms with van der Waals surface area (Å²) < 4.78 is 6.44. The molecule has 0 aliphatic heterocycles. The summed E-state index contributed by atoms with van der Waals surface area (Å²) in [6.07, 6.45) is 0. The Balaban J connectivity index is 2.66. The summed E-state index contributed by atoms with van der Waals surface area (Å²) in [5.41, 5.74) is 0. The van der Waals surface area contributed by atoms with E-state index in [0.717, 1.165) is 20.7 Å². The van der Waals surface area contributed by atoms with E-state index in [0.29, 0.717) is 11.7 Å². The minimum Gasteiger partial charge on any atom is -0.499 e. The van der Waals surface area contributed by atoms with E-state index in [-0.39, 0.29) is 0 Å². The van der Waals surface area contributed by atoms with Crippen LogP contribution in [-0.2, 0) is 0 Å². The summed E-state index contributed by atoms with van der Waals surface area (Å²) >= 11 is 5.60. The van der Waals surface area contributed by atoms with Gasteiger partial charge in [0.25, 0.3) is 0 Å². The maximum Gasteiger partial charge on any atom is 0.172 e. The standard InChI is InChI=1S/C10H10O2S2/c1-2-12-8-5-7(13)3-6-4-9(11)14-10(6)8/h3-5,11,13H,2H2,1H3. The lowest BCUT2D eigenvalue weighted by Gasteiger charge is -2.04. The highest BCUT2D eigenvalue weighted by atomic mass is 32.1. The van der Waals surface area contributed by atoms with Gasteiger partial charge in [-0.15, -0.1) is 12.6 Å². The van der Waals surface area contributed by atoms with E-state index >= 15 is 0 Å².